The number of halogens is 1. The quantitative estimate of drug-likeness (QED) is 0.905. The van der Waals surface area contributed by atoms with E-state index in [4.69, 9.17) is 11.6 Å². The Kier molecular flexibility index (Phi) is 3.99. The van der Waals surface area contributed by atoms with Crippen LogP contribution in [-0.2, 0) is 20.4 Å². The van der Waals surface area contributed by atoms with Gasteiger partial charge in [-0.25, -0.2) is 8.42 Å². The standard InChI is InChI=1S/C11H14ClNO3S2/c1-7(11(14)13-8-2-3-8)18(15,16)6-9-4-5-10(12)17-9/h4-5,7-8H,2-3,6H2,1H3,(H,13,14). The second-order valence-corrected chi connectivity index (χ2v) is 8.56. The van der Waals surface area contributed by atoms with E-state index in [0.717, 1.165) is 12.8 Å². The van der Waals surface area contributed by atoms with Gasteiger partial charge in [-0.2, -0.15) is 0 Å². The smallest absolute Gasteiger partial charge is 0.238 e. The largest absolute Gasteiger partial charge is 0.352 e. The fourth-order valence-electron chi connectivity index (χ4n) is 1.46. The lowest BCUT2D eigenvalue weighted by Crippen LogP contribution is -2.39. The van der Waals surface area contributed by atoms with Crippen molar-refractivity contribution in [3.8, 4) is 0 Å². The zero-order chi connectivity index (χ0) is 13.3. The highest BCUT2D eigenvalue weighted by Crippen LogP contribution is 2.25. The van der Waals surface area contributed by atoms with Crippen LogP contribution in [0.15, 0.2) is 12.1 Å². The van der Waals surface area contributed by atoms with Gasteiger partial charge >= 0.3 is 0 Å². The molecule has 1 atom stereocenters. The van der Waals surface area contributed by atoms with Gasteiger partial charge in [-0.1, -0.05) is 11.6 Å². The number of thiophene rings is 1. The molecule has 1 saturated carbocycles. The summed E-state index contributed by atoms with van der Waals surface area (Å²) < 4.78 is 24.7. The van der Waals surface area contributed by atoms with Crippen molar-refractivity contribution in [3.05, 3.63) is 21.3 Å². The maximum Gasteiger partial charge on any atom is 0.238 e. The number of amides is 1. The van der Waals surface area contributed by atoms with Crippen LogP contribution >= 0.6 is 22.9 Å². The lowest BCUT2D eigenvalue weighted by molar-refractivity contribution is -0.120. The summed E-state index contributed by atoms with van der Waals surface area (Å²) in [5.41, 5.74) is 0. The van der Waals surface area contributed by atoms with E-state index in [1.807, 2.05) is 0 Å². The van der Waals surface area contributed by atoms with Crippen molar-refractivity contribution in [1.82, 2.24) is 5.32 Å². The van der Waals surface area contributed by atoms with Gasteiger partial charge in [0.2, 0.25) is 5.91 Å². The fourth-order valence-corrected chi connectivity index (χ4v) is 4.21. The lowest BCUT2D eigenvalue weighted by Gasteiger charge is -2.12. The number of carbonyl (C=O) groups is 1. The van der Waals surface area contributed by atoms with Gasteiger partial charge in [-0.05, 0) is 31.9 Å². The van der Waals surface area contributed by atoms with Gasteiger partial charge in [-0.3, -0.25) is 4.79 Å². The summed E-state index contributed by atoms with van der Waals surface area (Å²) in [6, 6.07) is 3.51. The number of hydrogen-bond donors (Lipinski definition) is 1. The minimum absolute atomic E-state index is 0.135. The van der Waals surface area contributed by atoms with Gasteiger partial charge in [0.15, 0.2) is 9.84 Å². The summed E-state index contributed by atoms with van der Waals surface area (Å²) in [5.74, 6) is -0.538. The first kappa shape index (κ1) is 13.8. The summed E-state index contributed by atoms with van der Waals surface area (Å²) in [6.07, 6.45) is 1.89. The molecular weight excluding hydrogens is 294 g/mol. The monoisotopic (exact) mass is 307 g/mol. The van der Waals surface area contributed by atoms with Crippen molar-refractivity contribution in [2.75, 3.05) is 0 Å². The summed E-state index contributed by atoms with van der Waals surface area (Å²) in [4.78, 5) is 12.4. The highest BCUT2D eigenvalue weighted by Gasteiger charge is 2.32. The maximum atomic E-state index is 12.1. The molecule has 2 rings (SSSR count). The number of rotatable bonds is 5. The van der Waals surface area contributed by atoms with Gasteiger partial charge < -0.3 is 5.32 Å². The molecule has 1 fully saturated rings. The van der Waals surface area contributed by atoms with E-state index in [0.29, 0.717) is 9.21 Å². The molecule has 0 aromatic carbocycles. The number of carbonyl (C=O) groups excluding carboxylic acids is 1. The van der Waals surface area contributed by atoms with Crippen LogP contribution in [0.3, 0.4) is 0 Å². The van der Waals surface area contributed by atoms with Gasteiger partial charge in [0.25, 0.3) is 0 Å². The van der Waals surface area contributed by atoms with Gasteiger partial charge in [0.1, 0.15) is 5.25 Å². The maximum absolute atomic E-state index is 12.1. The lowest BCUT2D eigenvalue weighted by atomic mass is 10.4. The summed E-state index contributed by atoms with van der Waals surface area (Å²) in [5, 5.41) is 1.70. The predicted molar refractivity (Wildman–Crippen MR) is 72.6 cm³/mol. The molecule has 18 heavy (non-hydrogen) atoms. The molecular formula is C11H14ClNO3S2. The Morgan fingerprint density at radius 1 is 1.56 bits per heavy atom. The van der Waals surface area contributed by atoms with Crippen molar-refractivity contribution in [2.24, 2.45) is 0 Å². The molecule has 1 aliphatic carbocycles. The van der Waals surface area contributed by atoms with E-state index in [1.165, 1.54) is 18.3 Å². The van der Waals surface area contributed by atoms with Crippen molar-refractivity contribution in [3.63, 3.8) is 0 Å². The first-order chi connectivity index (χ1) is 8.38. The van der Waals surface area contributed by atoms with Crippen LogP contribution in [0.2, 0.25) is 4.34 Å². The Hall–Kier alpha value is -0.590. The van der Waals surface area contributed by atoms with Crippen LogP contribution in [-0.4, -0.2) is 25.6 Å². The Labute approximate surface area is 115 Å². The third kappa shape index (κ3) is 3.46. The van der Waals surface area contributed by atoms with Crippen LogP contribution in [0.4, 0.5) is 0 Å². The summed E-state index contributed by atoms with van der Waals surface area (Å²) in [7, 11) is -3.48. The average Bonchev–Trinajstić information content (AvgIpc) is 3.00. The third-order valence-corrected chi connectivity index (χ3v) is 6.22. The molecule has 100 valence electrons. The molecule has 4 nitrogen and oxygen atoms in total. The van der Waals surface area contributed by atoms with E-state index in [2.05, 4.69) is 5.32 Å². The number of nitrogens with one attached hydrogen (secondary N) is 1. The van der Waals surface area contributed by atoms with Crippen LogP contribution in [0, 0.1) is 0 Å². The molecule has 1 heterocycles. The van der Waals surface area contributed by atoms with Crippen molar-refractivity contribution in [1.29, 1.82) is 0 Å². The number of hydrogen-bond acceptors (Lipinski definition) is 4. The van der Waals surface area contributed by atoms with Crippen LogP contribution < -0.4 is 5.32 Å². The minimum atomic E-state index is -3.48. The van der Waals surface area contributed by atoms with Crippen LogP contribution in [0.1, 0.15) is 24.6 Å². The van der Waals surface area contributed by atoms with Crippen molar-refractivity contribution >= 4 is 38.7 Å². The molecule has 0 spiro atoms. The summed E-state index contributed by atoms with van der Waals surface area (Å²) in [6.45, 7) is 1.43. The fraction of sp³-hybridized carbons (Fsp3) is 0.545. The molecule has 0 radical (unpaired) electrons. The predicted octanol–water partition coefficient (Wildman–Crippen LogP) is 1.98. The first-order valence-electron chi connectivity index (χ1n) is 5.64. The molecule has 1 aromatic heterocycles. The molecule has 1 unspecified atom stereocenters. The first-order valence-corrected chi connectivity index (χ1v) is 8.55. The second-order valence-electron chi connectivity index (χ2n) is 4.44. The van der Waals surface area contributed by atoms with Crippen LogP contribution in [0.5, 0.6) is 0 Å². The molecule has 1 N–H and O–H groups in total. The molecule has 0 saturated heterocycles. The minimum Gasteiger partial charge on any atom is -0.352 e. The molecule has 1 aromatic rings. The van der Waals surface area contributed by atoms with Gasteiger partial charge in [0, 0.05) is 10.9 Å². The Morgan fingerprint density at radius 3 is 2.72 bits per heavy atom. The Balaban J connectivity index is 2.02. The van der Waals surface area contributed by atoms with Gasteiger partial charge in [0.05, 0.1) is 10.1 Å². The van der Waals surface area contributed by atoms with E-state index in [-0.39, 0.29) is 11.8 Å². The highest BCUT2D eigenvalue weighted by molar-refractivity contribution is 7.92. The van der Waals surface area contributed by atoms with E-state index in [9.17, 15) is 13.2 Å². The third-order valence-electron chi connectivity index (χ3n) is 2.80. The SMILES string of the molecule is CC(C(=O)NC1CC1)S(=O)(=O)Cc1ccc(Cl)s1. The number of sulfone groups is 1. The molecule has 7 heteroatoms. The topological polar surface area (TPSA) is 63.2 Å². The molecule has 0 bridgehead atoms. The van der Waals surface area contributed by atoms with Crippen molar-refractivity contribution < 1.29 is 13.2 Å². The zero-order valence-corrected chi connectivity index (χ0v) is 12.2. The summed E-state index contributed by atoms with van der Waals surface area (Å²) >= 11 is 6.98. The zero-order valence-electron chi connectivity index (χ0n) is 9.85. The normalized spacial score (nSPS) is 17.4. The van der Waals surface area contributed by atoms with E-state index in [1.54, 1.807) is 12.1 Å². The Morgan fingerprint density at radius 2 is 2.22 bits per heavy atom. The van der Waals surface area contributed by atoms with Crippen LogP contribution in [0.25, 0.3) is 0 Å². The van der Waals surface area contributed by atoms with Gasteiger partial charge in [-0.15, -0.1) is 11.3 Å². The van der Waals surface area contributed by atoms with E-state index >= 15 is 0 Å². The second kappa shape index (κ2) is 5.19. The Bertz CT molecular complexity index is 548. The van der Waals surface area contributed by atoms with Crippen molar-refractivity contribution in [2.45, 2.75) is 36.8 Å². The average molecular weight is 308 g/mol. The highest BCUT2D eigenvalue weighted by atomic mass is 35.5. The van der Waals surface area contributed by atoms with E-state index < -0.39 is 21.0 Å². The molecule has 0 aliphatic heterocycles. The molecule has 1 aliphatic rings. The molecule has 1 amide bonds.